The quantitative estimate of drug-likeness (QED) is 0.666. The number of anilines is 2. The third-order valence-corrected chi connectivity index (χ3v) is 2.97. The summed E-state index contributed by atoms with van der Waals surface area (Å²) >= 11 is 0. The molecule has 0 spiro atoms. The van der Waals surface area contributed by atoms with Gasteiger partial charge in [-0.2, -0.15) is 0 Å². The predicted molar refractivity (Wildman–Crippen MR) is 79.2 cm³/mol. The Labute approximate surface area is 122 Å². The zero-order chi connectivity index (χ0) is 15.4. The number of nitrogens with one attached hydrogen (secondary N) is 1. The van der Waals surface area contributed by atoms with E-state index < -0.39 is 5.97 Å². The molecular formula is C16H15NO4. The van der Waals surface area contributed by atoms with Gasteiger partial charge in [0.25, 0.3) is 0 Å². The lowest BCUT2D eigenvalue weighted by atomic mass is 10.0. The SMILES string of the molecule is COC(=O)c1cc(C(C)=O)c(O)cc1Nc1ccccc1. The molecule has 0 aromatic heterocycles. The Bertz CT molecular complexity index is 680. The molecule has 5 nitrogen and oxygen atoms in total. The van der Waals surface area contributed by atoms with E-state index in [0.717, 1.165) is 5.69 Å². The molecule has 2 aromatic carbocycles. The molecule has 2 rings (SSSR count). The lowest BCUT2D eigenvalue weighted by Gasteiger charge is -2.13. The first kappa shape index (κ1) is 14.6. The molecule has 0 aliphatic heterocycles. The lowest BCUT2D eigenvalue weighted by Crippen LogP contribution is -2.08. The van der Waals surface area contributed by atoms with Gasteiger partial charge in [-0.05, 0) is 25.1 Å². The Balaban J connectivity index is 2.51. The first-order valence-corrected chi connectivity index (χ1v) is 6.31. The lowest BCUT2D eigenvalue weighted by molar-refractivity contribution is 0.0602. The smallest absolute Gasteiger partial charge is 0.340 e. The number of methoxy groups -OCH3 is 1. The second-order valence-electron chi connectivity index (χ2n) is 4.45. The van der Waals surface area contributed by atoms with Gasteiger partial charge in [0.1, 0.15) is 5.75 Å². The molecule has 0 fully saturated rings. The van der Waals surface area contributed by atoms with Gasteiger partial charge in [-0.3, -0.25) is 4.79 Å². The van der Waals surface area contributed by atoms with Crippen LogP contribution in [0.3, 0.4) is 0 Å². The van der Waals surface area contributed by atoms with Crippen LogP contribution in [-0.4, -0.2) is 24.0 Å². The molecule has 0 bridgehead atoms. The van der Waals surface area contributed by atoms with Crippen LogP contribution < -0.4 is 5.32 Å². The third-order valence-electron chi connectivity index (χ3n) is 2.97. The van der Waals surface area contributed by atoms with E-state index in [1.54, 1.807) is 0 Å². The van der Waals surface area contributed by atoms with Crippen molar-refractivity contribution in [3.05, 3.63) is 53.6 Å². The number of esters is 1. The Kier molecular flexibility index (Phi) is 4.23. The standard InChI is InChI=1S/C16H15NO4/c1-10(18)12-8-13(16(20)21-2)14(9-15(12)19)17-11-6-4-3-5-7-11/h3-9,17,19H,1-2H3. The number of hydrogen-bond acceptors (Lipinski definition) is 5. The predicted octanol–water partition coefficient (Wildman–Crippen LogP) is 3.13. The molecule has 0 aliphatic rings. The summed E-state index contributed by atoms with van der Waals surface area (Å²) in [5.41, 5.74) is 1.38. The molecule has 0 saturated carbocycles. The van der Waals surface area contributed by atoms with E-state index in [-0.39, 0.29) is 22.7 Å². The molecule has 21 heavy (non-hydrogen) atoms. The summed E-state index contributed by atoms with van der Waals surface area (Å²) in [6.07, 6.45) is 0. The number of phenols is 1. The van der Waals surface area contributed by atoms with Crippen LogP contribution in [0.1, 0.15) is 27.6 Å². The van der Waals surface area contributed by atoms with Gasteiger partial charge in [0.2, 0.25) is 0 Å². The van der Waals surface area contributed by atoms with Crippen molar-refractivity contribution in [2.75, 3.05) is 12.4 Å². The van der Waals surface area contributed by atoms with Gasteiger partial charge >= 0.3 is 5.97 Å². The van der Waals surface area contributed by atoms with E-state index in [1.807, 2.05) is 30.3 Å². The van der Waals surface area contributed by atoms with Gasteiger partial charge in [-0.1, -0.05) is 18.2 Å². The van der Waals surface area contributed by atoms with E-state index in [1.165, 1.54) is 26.2 Å². The van der Waals surface area contributed by atoms with Crippen molar-refractivity contribution in [1.82, 2.24) is 0 Å². The van der Waals surface area contributed by atoms with Crippen LogP contribution in [0.4, 0.5) is 11.4 Å². The minimum atomic E-state index is -0.587. The zero-order valence-corrected chi connectivity index (χ0v) is 11.7. The average Bonchev–Trinajstić information content (AvgIpc) is 2.47. The third kappa shape index (κ3) is 3.20. The molecular weight excluding hydrogens is 270 g/mol. The van der Waals surface area contributed by atoms with Crippen molar-refractivity contribution in [3.63, 3.8) is 0 Å². The number of aromatic hydroxyl groups is 1. The molecule has 0 heterocycles. The number of carbonyl (C=O) groups excluding carboxylic acids is 2. The summed E-state index contributed by atoms with van der Waals surface area (Å²) in [7, 11) is 1.26. The first-order chi connectivity index (χ1) is 10.0. The van der Waals surface area contributed by atoms with Gasteiger partial charge in [0, 0.05) is 11.8 Å². The molecule has 0 radical (unpaired) electrons. The molecule has 5 heteroatoms. The summed E-state index contributed by atoms with van der Waals surface area (Å²) in [5, 5.41) is 12.9. The van der Waals surface area contributed by atoms with Crippen LogP contribution in [0.2, 0.25) is 0 Å². The van der Waals surface area contributed by atoms with Crippen LogP contribution >= 0.6 is 0 Å². The maximum atomic E-state index is 11.9. The number of para-hydroxylation sites is 1. The van der Waals surface area contributed by atoms with Crippen LogP contribution in [0, 0.1) is 0 Å². The molecule has 0 amide bonds. The highest BCUT2D eigenvalue weighted by Gasteiger charge is 2.18. The second-order valence-corrected chi connectivity index (χ2v) is 4.45. The normalized spacial score (nSPS) is 10.0. The van der Waals surface area contributed by atoms with Crippen LogP contribution in [-0.2, 0) is 4.74 Å². The van der Waals surface area contributed by atoms with E-state index in [0.29, 0.717) is 5.69 Å². The van der Waals surface area contributed by atoms with Gasteiger partial charge in [0.15, 0.2) is 5.78 Å². The number of Topliss-reactive ketones (excluding diaryl/α,β-unsaturated/α-hetero) is 1. The number of ether oxygens (including phenoxy) is 1. The van der Waals surface area contributed by atoms with Crippen molar-refractivity contribution >= 4 is 23.1 Å². The van der Waals surface area contributed by atoms with E-state index in [2.05, 4.69) is 5.32 Å². The molecule has 0 saturated heterocycles. The molecule has 0 unspecified atom stereocenters. The Morgan fingerprint density at radius 3 is 2.33 bits per heavy atom. The molecule has 2 N–H and O–H groups in total. The average molecular weight is 285 g/mol. The van der Waals surface area contributed by atoms with E-state index in [4.69, 9.17) is 4.74 Å². The summed E-state index contributed by atoms with van der Waals surface area (Å²) in [4.78, 5) is 23.3. The maximum Gasteiger partial charge on any atom is 0.340 e. The van der Waals surface area contributed by atoms with Crippen molar-refractivity contribution < 1.29 is 19.4 Å². The zero-order valence-electron chi connectivity index (χ0n) is 11.7. The van der Waals surface area contributed by atoms with E-state index in [9.17, 15) is 14.7 Å². The second kappa shape index (κ2) is 6.09. The van der Waals surface area contributed by atoms with Crippen molar-refractivity contribution in [2.24, 2.45) is 0 Å². The fourth-order valence-electron chi connectivity index (χ4n) is 1.93. The van der Waals surface area contributed by atoms with Gasteiger partial charge in [-0.15, -0.1) is 0 Å². The van der Waals surface area contributed by atoms with E-state index >= 15 is 0 Å². The molecule has 0 aliphatic carbocycles. The highest BCUT2D eigenvalue weighted by Crippen LogP contribution is 2.29. The fourth-order valence-corrected chi connectivity index (χ4v) is 1.93. The number of benzene rings is 2. The van der Waals surface area contributed by atoms with Crippen LogP contribution in [0.25, 0.3) is 0 Å². The number of rotatable bonds is 4. The Morgan fingerprint density at radius 1 is 1.10 bits per heavy atom. The topological polar surface area (TPSA) is 75.6 Å². The number of carbonyl (C=O) groups is 2. The summed E-state index contributed by atoms with van der Waals surface area (Å²) < 4.78 is 4.72. The summed E-state index contributed by atoms with van der Waals surface area (Å²) in [6, 6.07) is 11.8. The highest BCUT2D eigenvalue weighted by atomic mass is 16.5. The Morgan fingerprint density at radius 2 is 1.76 bits per heavy atom. The minimum absolute atomic E-state index is 0.0778. The molecule has 108 valence electrons. The van der Waals surface area contributed by atoms with Gasteiger partial charge in [-0.25, -0.2) is 4.79 Å². The highest BCUT2D eigenvalue weighted by molar-refractivity contribution is 6.03. The number of hydrogen-bond donors (Lipinski definition) is 2. The maximum absolute atomic E-state index is 11.9. The van der Waals surface area contributed by atoms with Crippen molar-refractivity contribution in [1.29, 1.82) is 0 Å². The van der Waals surface area contributed by atoms with Crippen LogP contribution in [0.15, 0.2) is 42.5 Å². The summed E-state index contributed by atoms with van der Waals surface area (Å²) in [6.45, 7) is 1.32. The summed E-state index contributed by atoms with van der Waals surface area (Å²) in [5.74, 6) is -1.10. The monoisotopic (exact) mass is 285 g/mol. The first-order valence-electron chi connectivity index (χ1n) is 6.31. The van der Waals surface area contributed by atoms with Crippen LogP contribution in [0.5, 0.6) is 5.75 Å². The Hall–Kier alpha value is -2.82. The number of phenolic OH excluding ortho intramolecular Hbond substituents is 1. The molecule has 2 aromatic rings. The van der Waals surface area contributed by atoms with Gasteiger partial charge in [0.05, 0.1) is 23.9 Å². The fraction of sp³-hybridized carbons (Fsp3) is 0.125. The molecule has 0 atom stereocenters. The van der Waals surface area contributed by atoms with Crippen molar-refractivity contribution in [2.45, 2.75) is 6.92 Å². The minimum Gasteiger partial charge on any atom is -0.507 e. The number of ketones is 1. The van der Waals surface area contributed by atoms with Crippen molar-refractivity contribution in [3.8, 4) is 5.75 Å². The largest absolute Gasteiger partial charge is 0.507 e. The van der Waals surface area contributed by atoms with Gasteiger partial charge < -0.3 is 15.2 Å².